The van der Waals surface area contributed by atoms with Crippen LogP contribution in [-0.2, 0) is 10.1 Å². The molecule has 0 aliphatic rings. The summed E-state index contributed by atoms with van der Waals surface area (Å²) in [5.74, 6) is -0.447. The van der Waals surface area contributed by atoms with Crippen molar-refractivity contribution in [1.82, 2.24) is 10.4 Å². The predicted octanol–water partition coefficient (Wildman–Crippen LogP) is 1.45. The molecule has 0 bridgehead atoms. The number of rotatable bonds is 4. The molecule has 0 aromatic carbocycles. The number of amides is 1. The first-order valence-electron chi connectivity index (χ1n) is 5.37. The zero-order chi connectivity index (χ0) is 15.5. The Balaban J connectivity index is 2.03. The first kappa shape index (κ1) is 15.4. The molecule has 0 aliphatic heterocycles. The zero-order valence-electron chi connectivity index (χ0n) is 10.2. The molecule has 110 valence electrons. The molecule has 2 aromatic heterocycles. The molecule has 0 saturated carbocycles. The van der Waals surface area contributed by atoms with Gasteiger partial charge in [0.2, 0.25) is 5.09 Å². The number of furan rings is 1. The average molecular weight is 374 g/mol. The van der Waals surface area contributed by atoms with E-state index >= 15 is 0 Å². The van der Waals surface area contributed by atoms with Gasteiger partial charge >= 0.3 is 10.1 Å². The van der Waals surface area contributed by atoms with Crippen LogP contribution in [0.25, 0.3) is 0 Å². The minimum Gasteiger partial charge on any atom is -0.441 e. The van der Waals surface area contributed by atoms with E-state index in [2.05, 4.69) is 31.4 Å². The molecule has 0 fully saturated rings. The molecule has 0 radical (unpaired) electrons. The molecule has 1 amide bonds. The largest absolute Gasteiger partial charge is 0.441 e. The van der Waals surface area contributed by atoms with Crippen LogP contribution in [0.15, 0.2) is 49.7 Å². The highest BCUT2D eigenvalue weighted by Crippen LogP contribution is 2.12. The van der Waals surface area contributed by atoms with Gasteiger partial charge in [0.1, 0.15) is 5.76 Å². The summed E-state index contributed by atoms with van der Waals surface area (Å²) in [7, 11) is -4.40. The Morgan fingerprint density at radius 2 is 2.19 bits per heavy atom. The molecular weight excluding hydrogens is 366 g/mol. The molecule has 0 unspecified atom stereocenters. The smallest absolute Gasteiger partial charge is 0.328 e. The van der Waals surface area contributed by atoms with Crippen LogP contribution in [0.5, 0.6) is 0 Å². The van der Waals surface area contributed by atoms with Crippen LogP contribution in [0.4, 0.5) is 0 Å². The number of pyridine rings is 1. The highest BCUT2D eigenvalue weighted by atomic mass is 79.9. The summed E-state index contributed by atoms with van der Waals surface area (Å²) in [4.78, 5) is 15.5. The van der Waals surface area contributed by atoms with Gasteiger partial charge in [-0.2, -0.15) is 13.5 Å². The molecule has 8 nitrogen and oxygen atoms in total. The van der Waals surface area contributed by atoms with Gasteiger partial charge in [-0.15, -0.1) is 0 Å². The molecule has 2 N–H and O–H groups in total. The number of hydrogen-bond donors (Lipinski definition) is 2. The Hall–Kier alpha value is -2.04. The summed E-state index contributed by atoms with van der Waals surface area (Å²) in [6.07, 6.45) is 3.98. The highest BCUT2D eigenvalue weighted by Gasteiger charge is 2.14. The van der Waals surface area contributed by atoms with E-state index in [4.69, 9.17) is 8.97 Å². The number of hydrazone groups is 1. The van der Waals surface area contributed by atoms with Crippen molar-refractivity contribution in [3.8, 4) is 0 Å². The van der Waals surface area contributed by atoms with Crippen molar-refractivity contribution < 1.29 is 22.2 Å². The summed E-state index contributed by atoms with van der Waals surface area (Å²) in [6.45, 7) is 0. The number of halogens is 1. The maximum Gasteiger partial charge on any atom is 0.328 e. The molecule has 0 atom stereocenters. The monoisotopic (exact) mass is 373 g/mol. The average Bonchev–Trinajstić information content (AvgIpc) is 2.87. The van der Waals surface area contributed by atoms with Crippen molar-refractivity contribution >= 4 is 38.2 Å². The minimum atomic E-state index is -4.40. The number of aromatic nitrogens is 1. The molecular formula is C11H8BrN3O5S. The van der Waals surface area contributed by atoms with Gasteiger partial charge < -0.3 is 4.42 Å². The van der Waals surface area contributed by atoms with E-state index in [9.17, 15) is 13.2 Å². The van der Waals surface area contributed by atoms with E-state index in [1.165, 1.54) is 18.5 Å². The first-order chi connectivity index (χ1) is 9.86. The lowest BCUT2D eigenvalue weighted by molar-refractivity contribution is 0.0954. The minimum absolute atomic E-state index is 0.0512. The second kappa shape index (κ2) is 6.16. The van der Waals surface area contributed by atoms with Crippen molar-refractivity contribution in [1.29, 1.82) is 0 Å². The SMILES string of the molecule is O=C(N/N=C\c1ccc(S(=O)(=O)O)o1)c1cncc(Br)c1. The number of hydrogen-bond acceptors (Lipinski definition) is 6. The normalized spacial score (nSPS) is 11.7. The van der Waals surface area contributed by atoms with Gasteiger partial charge in [0.25, 0.3) is 5.91 Å². The van der Waals surface area contributed by atoms with Gasteiger partial charge in [-0.1, -0.05) is 0 Å². The van der Waals surface area contributed by atoms with Crippen molar-refractivity contribution in [2.24, 2.45) is 5.10 Å². The summed E-state index contributed by atoms with van der Waals surface area (Å²) in [5.41, 5.74) is 2.51. The number of nitrogens with one attached hydrogen (secondary N) is 1. The molecule has 0 spiro atoms. The number of nitrogens with zero attached hydrogens (tertiary/aromatic N) is 2. The van der Waals surface area contributed by atoms with Crippen LogP contribution >= 0.6 is 15.9 Å². The summed E-state index contributed by atoms with van der Waals surface area (Å²) in [6, 6.07) is 3.90. The molecule has 10 heteroatoms. The second-order valence-electron chi connectivity index (χ2n) is 3.72. The van der Waals surface area contributed by atoms with Crippen LogP contribution in [-0.4, -0.2) is 30.1 Å². The first-order valence-corrected chi connectivity index (χ1v) is 7.61. The van der Waals surface area contributed by atoms with Gasteiger partial charge in [-0.05, 0) is 34.1 Å². The van der Waals surface area contributed by atoms with Crippen LogP contribution in [0.1, 0.15) is 16.1 Å². The van der Waals surface area contributed by atoms with Crippen LogP contribution in [0.2, 0.25) is 0 Å². The van der Waals surface area contributed by atoms with Crippen LogP contribution < -0.4 is 5.43 Å². The summed E-state index contributed by atoms with van der Waals surface area (Å²) < 4.78 is 35.7. The maximum atomic E-state index is 11.7. The third kappa shape index (κ3) is 4.21. The quantitative estimate of drug-likeness (QED) is 0.475. The Morgan fingerprint density at radius 1 is 1.43 bits per heavy atom. The molecule has 2 aromatic rings. The fraction of sp³-hybridized carbons (Fsp3) is 0. The zero-order valence-corrected chi connectivity index (χ0v) is 12.6. The maximum absolute atomic E-state index is 11.7. The Labute approximate surface area is 127 Å². The van der Waals surface area contributed by atoms with Crippen LogP contribution in [0.3, 0.4) is 0 Å². The summed E-state index contributed by atoms with van der Waals surface area (Å²) >= 11 is 3.18. The van der Waals surface area contributed by atoms with Crippen molar-refractivity contribution in [2.75, 3.05) is 0 Å². The standard InChI is InChI=1S/C11H8BrN3O5S/c12-8-3-7(4-13-5-8)11(16)15-14-6-9-1-2-10(20-9)21(17,18)19/h1-6H,(H,15,16)(H,17,18,19)/b14-6-. The molecule has 2 heterocycles. The Bertz CT molecular complexity index is 800. The lowest BCUT2D eigenvalue weighted by atomic mass is 10.3. The van der Waals surface area contributed by atoms with Crippen LogP contribution in [0, 0.1) is 0 Å². The fourth-order valence-electron chi connectivity index (χ4n) is 1.30. The van der Waals surface area contributed by atoms with Gasteiger partial charge in [0.15, 0.2) is 0 Å². The van der Waals surface area contributed by atoms with E-state index in [1.807, 2.05) is 0 Å². The van der Waals surface area contributed by atoms with E-state index in [0.717, 1.165) is 12.3 Å². The van der Waals surface area contributed by atoms with E-state index in [0.29, 0.717) is 10.0 Å². The van der Waals surface area contributed by atoms with Gasteiger partial charge in [-0.3, -0.25) is 14.3 Å². The van der Waals surface area contributed by atoms with Crippen molar-refractivity contribution in [3.05, 3.63) is 46.4 Å². The third-order valence-electron chi connectivity index (χ3n) is 2.18. The number of carbonyl (C=O) groups is 1. The van der Waals surface area contributed by atoms with Gasteiger partial charge in [0.05, 0.1) is 11.8 Å². The summed E-state index contributed by atoms with van der Waals surface area (Å²) in [5, 5.41) is 3.00. The van der Waals surface area contributed by atoms with Gasteiger partial charge in [-0.25, -0.2) is 5.43 Å². The molecule has 21 heavy (non-hydrogen) atoms. The van der Waals surface area contributed by atoms with E-state index in [-0.39, 0.29) is 5.76 Å². The molecule has 2 rings (SSSR count). The lowest BCUT2D eigenvalue weighted by Crippen LogP contribution is -2.17. The second-order valence-corrected chi connectivity index (χ2v) is 5.99. The Morgan fingerprint density at radius 3 is 2.81 bits per heavy atom. The Kier molecular flexibility index (Phi) is 4.50. The third-order valence-corrected chi connectivity index (χ3v) is 3.34. The van der Waals surface area contributed by atoms with Crippen molar-refractivity contribution in [3.63, 3.8) is 0 Å². The predicted molar refractivity (Wildman–Crippen MR) is 75.5 cm³/mol. The van der Waals surface area contributed by atoms with E-state index in [1.54, 1.807) is 6.07 Å². The fourth-order valence-corrected chi connectivity index (χ4v) is 2.10. The van der Waals surface area contributed by atoms with Crippen molar-refractivity contribution in [2.45, 2.75) is 5.09 Å². The topological polar surface area (TPSA) is 122 Å². The molecule has 0 saturated heterocycles. The van der Waals surface area contributed by atoms with Gasteiger partial charge in [0, 0.05) is 16.9 Å². The molecule has 0 aliphatic carbocycles. The highest BCUT2D eigenvalue weighted by molar-refractivity contribution is 9.10. The number of carbonyl (C=O) groups excluding carboxylic acids is 1. The van der Waals surface area contributed by atoms with E-state index < -0.39 is 21.1 Å². The lowest BCUT2D eigenvalue weighted by Gasteiger charge is -1.98.